The van der Waals surface area contributed by atoms with E-state index in [0.717, 1.165) is 5.56 Å². The lowest BCUT2D eigenvalue weighted by atomic mass is 10.2. The number of benzene rings is 2. The van der Waals surface area contributed by atoms with E-state index in [4.69, 9.17) is 23.2 Å². The van der Waals surface area contributed by atoms with E-state index in [1.165, 1.54) is 18.3 Å². The third-order valence-corrected chi connectivity index (χ3v) is 3.41. The largest absolute Gasteiger partial charge is 0.306 e. The summed E-state index contributed by atoms with van der Waals surface area (Å²) >= 11 is 12.1. The Morgan fingerprint density at radius 1 is 1.19 bits per heavy atom. The molecule has 0 bridgehead atoms. The van der Waals surface area contributed by atoms with Crippen LogP contribution < -0.4 is 5.43 Å². The van der Waals surface area contributed by atoms with Crippen LogP contribution in [0.4, 0.5) is 5.69 Å². The molecule has 0 saturated heterocycles. The molecule has 0 fully saturated rings. The highest BCUT2D eigenvalue weighted by Crippen LogP contribution is 2.23. The van der Waals surface area contributed by atoms with Crippen LogP contribution in [0.15, 0.2) is 47.6 Å². The molecule has 0 atom stereocenters. The molecule has 0 unspecified atom stereocenters. The Morgan fingerprint density at radius 3 is 2.52 bits per heavy atom. The lowest BCUT2D eigenvalue weighted by Gasteiger charge is -2.05. The van der Waals surface area contributed by atoms with Crippen molar-refractivity contribution in [3.63, 3.8) is 0 Å². The third-order valence-electron chi connectivity index (χ3n) is 2.70. The van der Waals surface area contributed by atoms with Gasteiger partial charge < -0.3 is 5.43 Å². The van der Waals surface area contributed by atoms with E-state index in [1.807, 2.05) is 0 Å². The zero-order valence-electron chi connectivity index (χ0n) is 10.8. The summed E-state index contributed by atoms with van der Waals surface area (Å²) in [4.78, 5) is 10.2. The van der Waals surface area contributed by atoms with Gasteiger partial charge in [0, 0.05) is 33.3 Å². The maximum Gasteiger partial charge on any atom is 0.270 e. The molecule has 2 aromatic rings. The molecule has 2 aromatic carbocycles. The molecule has 108 valence electrons. The molecule has 0 saturated carbocycles. The van der Waals surface area contributed by atoms with Crippen molar-refractivity contribution in [1.82, 2.24) is 5.43 Å². The van der Waals surface area contributed by atoms with E-state index in [1.54, 1.807) is 30.3 Å². The lowest BCUT2D eigenvalue weighted by Crippen LogP contribution is -2.06. The van der Waals surface area contributed by atoms with Gasteiger partial charge in [0.1, 0.15) is 0 Å². The normalized spacial score (nSPS) is 10.8. The van der Waals surface area contributed by atoms with E-state index in [2.05, 4.69) is 10.5 Å². The van der Waals surface area contributed by atoms with Crippen molar-refractivity contribution in [3.8, 4) is 0 Å². The number of nitrogens with zero attached hydrogens (tertiary/aromatic N) is 2. The molecule has 0 aliphatic carbocycles. The van der Waals surface area contributed by atoms with E-state index in [-0.39, 0.29) is 5.69 Å². The van der Waals surface area contributed by atoms with Crippen LogP contribution in [-0.4, -0.2) is 11.1 Å². The van der Waals surface area contributed by atoms with Gasteiger partial charge >= 0.3 is 0 Å². The van der Waals surface area contributed by atoms with Gasteiger partial charge in [-0.25, -0.2) is 0 Å². The van der Waals surface area contributed by atoms with Crippen molar-refractivity contribution in [2.45, 2.75) is 6.54 Å². The number of rotatable bonds is 5. The Morgan fingerprint density at radius 2 is 1.86 bits per heavy atom. The van der Waals surface area contributed by atoms with Crippen LogP contribution in [0.2, 0.25) is 10.0 Å². The SMILES string of the molecule is O=[N+]([O-])c1cccc(/C=N\NCc2c(Cl)cccc2Cl)c1. The van der Waals surface area contributed by atoms with Crippen molar-refractivity contribution in [2.24, 2.45) is 5.10 Å². The maximum absolute atomic E-state index is 10.7. The first-order valence-corrected chi connectivity index (χ1v) is 6.77. The predicted octanol–water partition coefficient (Wildman–Crippen LogP) is 4.03. The molecule has 0 aromatic heterocycles. The van der Waals surface area contributed by atoms with Crippen molar-refractivity contribution in [2.75, 3.05) is 0 Å². The van der Waals surface area contributed by atoms with Crippen LogP contribution in [0.5, 0.6) is 0 Å². The van der Waals surface area contributed by atoms with Gasteiger partial charge in [-0.05, 0) is 12.1 Å². The fourth-order valence-corrected chi connectivity index (χ4v) is 2.20. The van der Waals surface area contributed by atoms with Crippen LogP contribution in [-0.2, 0) is 6.54 Å². The average Bonchev–Trinajstić information content (AvgIpc) is 2.46. The van der Waals surface area contributed by atoms with E-state index >= 15 is 0 Å². The number of nitrogens with one attached hydrogen (secondary N) is 1. The highest BCUT2D eigenvalue weighted by atomic mass is 35.5. The first-order valence-electron chi connectivity index (χ1n) is 6.01. The summed E-state index contributed by atoms with van der Waals surface area (Å²) in [6.07, 6.45) is 1.50. The number of nitro groups is 1. The van der Waals surface area contributed by atoms with E-state index < -0.39 is 4.92 Å². The Balaban J connectivity index is 2.00. The smallest absolute Gasteiger partial charge is 0.270 e. The molecule has 7 heteroatoms. The Kier molecular flexibility index (Phi) is 5.14. The van der Waals surface area contributed by atoms with Crippen LogP contribution in [0.25, 0.3) is 0 Å². The van der Waals surface area contributed by atoms with Crippen molar-refractivity contribution < 1.29 is 4.92 Å². The molecule has 1 N–H and O–H groups in total. The number of halogens is 2. The van der Waals surface area contributed by atoms with Gasteiger partial charge in [-0.1, -0.05) is 41.4 Å². The average molecular weight is 324 g/mol. The zero-order chi connectivity index (χ0) is 15.2. The summed E-state index contributed by atoms with van der Waals surface area (Å²) in [7, 11) is 0. The molecule has 21 heavy (non-hydrogen) atoms. The van der Waals surface area contributed by atoms with Crippen LogP contribution >= 0.6 is 23.2 Å². The summed E-state index contributed by atoms with van der Waals surface area (Å²) in [6, 6.07) is 11.4. The number of nitro benzene ring substituents is 1. The Hall–Kier alpha value is -2.11. The molecule has 2 rings (SSSR count). The molecule has 5 nitrogen and oxygen atoms in total. The second-order valence-electron chi connectivity index (χ2n) is 4.15. The quantitative estimate of drug-likeness (QED) is 0.513. The topological polar surface area (TPSA) is 67.5 Å². The maximum atomic E-state index is 10.7. The van der Waals surface area contributed by atoms with E-state index in [9.17, 15) is 10.1 Å². The highest BCUT2D eigenvalue weighted by Gasteiger charge is 2.05. The van der Waals surface area contributed by atoms with Crippen LogP contribution in [0.1, 0.15) is 11.1 Å². The fraction of sp³-hybridized carbons (Fsp3) is 0.0714. The van der Waals surface area contributed by atoms with Crippen molar-refractivity contribution >= 4 is 35.1 Å². The summed E-state index contributed by atoms with van der Waals surface area (Å²) in [5.74, 6) is 0. The van der Waals surface area contributed by atoms with Gasteiger partial charge in [-0.15, -0.1) is 0 Å². The first kappa shape index (κ1) is 15.3. The second kappa shape index (κ2) is 7.06. The molecule has 0 aliphatic heterocycles. The van der Waals surface area contributed by atoms with Crippen molar-refractivity contribution in [3.05, 3.63) is 73.8 Å². The summed E-state index contributed by atoms with van der Waals surface area (Å²) < 4.78 is 0. The second-order valence-corrected chi connectivity index (χ2v) is 4.96. The van der Waals surface area contributed by atoms with Crippen LogP contribution in [0, 0.1) is 10.1 Å². The van der Waals surface area contributed by atoms with Gasteiger partial charge in [0.2, 0.25) is 0 Å². The summed E-state index contributed by atoms with van der Waals surface area (Å²) in [5.41, 5.74) is 4.21. The van der Waals surface area contributed by atoms with Gasteiger partial charge in [-0.2, -0.15) is 5.10 Å². The summed E-state index contributed by atoms with van der Waals surface area (Å²) in [5, 5.41) is 15.8. The fourth-order valence-electron chi connectivity index (χ4n) is 1.66. The van der Waals surface area contributed by atoms with Gasteiger partial charge in [0.25, 0.3) is 5.69 Å². The summed E-state index contributed by atoms with van der Waals surface area (Å²) in [6.45, 7) is 0.365. The predicted molar refractivity (Wildman–Crippen MR) is 84.0 cm³/mol. The number of hydrazone groups is 1. The standard InChI is InChI=1S/C14H11Cl2N3O2/c15-13-5-2-6-14(16)12(13)9-18-17-8-10-3-1-4-11(7-10)19(20)21/h1-8,18H,9H2/b17-8-. The molecule has 0 heterocycles. The lowest BCUT2D eigenvalue weighted by molar-refractivity contribution is -0.384. The van der Waals surface area contributed by atoms with Gasteiger partial charge in [-0.3, -0.25) is 10.1 Å². The minimum absolute atomic E-state index is 0.0214. The van der Waals surface area contributed by atoms with Crippen LogP contribution in [0.3, 0.4) is 0 Å². The van der Waals surface area contributed by atoms with E-state index in [0.29, 0.717) is 22.2 Å². The molecular weight excluding hydrogens is 313 g/mol. The molecule has 0 aliphatic rings. The monoisotopic (exact) mass is 323 g/mol. The molecule has 0 radical (unpaired) electrons. The Bertz CT molecular complexity index is 669. The number of non-ortho nitro benzene ring substituents is 1. The van der Waals surface area contributed by atoms with Crippen molar-refractivity contribution in [1.29, 1.82) is 0 Å². The highest BCUT2D eigenvalue weighted by molar-refractivity contribution is 6.35. The van der Waals surface area contributed by atoms with Gasteiger partial charge in [0.15, 0.2) is 0 Å². The minimum atomic E-state index is -0.450. The third kappa shape index (κ3) is 4.18. The minimum Gasteiger partial charge on any atom is -0.306 e. The molecule has 0 amide bonds. The first-order chi connectivity index (χ1) is 10.1. The molecular formula is C14H11Cl2N3O2. The zero-order valence-corrected chi connectivity index (χ0v) is 12.3. The number of hydrogen-bond acceptors (Lipinski definition) is 4. The van der Waals surface area contributed by atoms with Gasteiger partial charge in [0.05, 0.1) is 17.7 Å². The number of hydrogen-bond donors (Lipinski definition) is 1. The molecule has 0 spiro atoms. The Labute approximate surface area is 131 Å².